The summed E-state index contributed by atoms with van der Waals surface area (Å²) in [7, 11) is 0. The van der Waals surface area contributed by atoms with Gasteiger partial charge >= 0.3 is 0 Å². The van der Waals surface area contributed by atoms with Crippen LogP contribution in [0.1, 0.15) is 24.3 Å². The van der Waals surface area contributed by atoms with Gasteiger partial charge in [0.25, 0.3) is 0 Å². The van der Waals surface area contributed by atoms with E-state index in [2.05, 4.69) is 39.6 Å². The molecule has 0 aliphatic carbocycles. The molecule has 6 heteroatoms. The van der Waals surface area contributed by atoms with Crippen molar-refractivity contribution < 1.29 is 4.52 Å². The van der Waals surface area contributed by atoms with Gasteiger partial charge in [-0.15, -0.1) is 0 Å². The van der Waals surface area contributed by atoms with E-state index in [9.17, 15) is 0 Å². The van der Waals surface area contributed by atoms with Crippen LogP contribution in [-0.4, -0.2) is 19.9 Å². The van der Waals surface area contributed by atoms with Crippen LogP contribution in [0.2, 0.25) is 0 Å². The average molecular weight is 271 g/mol. The van der Waals surface area contributed by atoms with Crippen molar-refractivity contribution in [2.75, 3.05) is 0 Å². The molecule has 2 heterocycles. The normalized spacial score (nSPS) is 11.3. The summed E-state index contributed by atoms with van der Waals surface area (Å²) >= 11 is 0. The van der Waals surface area contributed by atoms with E-state index in [0.717, 1.165) is 12.2 Å². The lowest BCUT2D eigenvalue weighted by Gasteiger charge is -1.98. The summed E-state index contributed by atoms with van der Waals surface area (Å²) in [6.45, 7) is 5.99. The maximum Gasteiger partial charge on any atom is 0.240 e. The van der Waals surface area contributed by atoms with Crippen LogP contribution in [0.5, 0.6) is 0 Å². The number of benzene rings is 1. The van der Waals surface area contributed by atoms with Crippen molar-refractivity contribution in [1.29, 1.82) is 0 Å². The molecule has 0 aliphatic rings. The van der Waals surface area contributed by atoms with Crippen LogP contribution >= 0.6 is 0 Å². The van der Waals surface area contributed by atoms with Crippen LogP contribution in [0.3, 0.4) is 0 Å². The van der Waals surface area contributed by atoms with Gasteiger partial charge in [0.15, 0.2) is 5.82 Å². The number of hydrogen-bond donors (Lipinski definition) is 1. The molecule has 3 aromatic rings. The minimum Gasteiger partial charge on any atom is -0.338 e. The SMILES string of the molecule is CCn1nc(CNCc2nc(C)no2)c2ccccc21. The average Bonchev–Trinajstić information content (AvgIpc) is 3.03. The van der Waals surface area contributed by atoms with Gasteiger partial charge in [0.1, 0.15) is 0 Å². The summed E-state index contributed by atoms with van der Waals surface area (Å²) in [6, 6.07) is 8.27. The lowest BCUT2D eigenvalue weighted by molar-refractivity contribution is 0.363. The highest BCUT2D eigenvalue weighted by Crippen LogP contribution is 2.18. The first-order chi connectivity index (χ1) is 9.78. The zero-order valence-electron chi connectivity index (χ0n) is 11.6. The third-order valence-corrected chi connectivity index (χ3v) is 3.17. The van der Waals surface area contributed by atoms with Crippen LogP contribution < -0.4 is 5.32 Å². The van der Waals surface area contributed by atoms with E-state index in [4.69, 9.17) is 4.52 Å². The quantitative estimate of drug-likeness (QED) is 0.769. The van der Waals surface area contributed by atoms with Crippen LogP contribution in [-0.2, 0) is 19.6 Å². The Labute approximate surface area is 116 Å². The van der Waals surface area contributed by atoms with Gasteiger partial charge in [0.05, 0.1) is 17.8 Å². The molecule has 0 saturated heterocycles. The highest BCUT2D eigenvalue weighted by molar-refractivity contribution is 5.81. The molecule has 0 radical (unpaired) electrons. The van der Waals surface area contributed by atoms with Gasteiger partial charge in [-0.3, -0.25) is 4.68 Å². The number of fused-ring (bicyclic) bond motifs is 1. The largest absolute Gasteiger partial charge is 0.338 e. The molecular weight excluding hydrogens is 254 g/mol. The van der Waals surface area contributed by atoms with Gasteiger partial charge < -0.3 is 9.84 Å². The molecule has 0 amide bonds. The fourth-order valence-electron chi connectivity index (χ4n) is 2.27. The van der Waals surface area contributed by atoms with Crippen molar-refractivity contribution >= 4 is 10.9 Å². The summed E-state index contributed by atoms with van der Waals surface area (Å²) in [4.78, 5) is 4.16. The molecule has 6 nitrogen and oxygen atoms in total. The van der Waals surface area contributed by atoms with Crippen molar-refractivity contribution in [3.05, 3.63) is 41.7 Å². The highest BCUT2D eigenvalue weighted by Gasteiger charge is 2.09. The Balaban J connectivity index is 1.74. The lowest BCUT2D eigenvalue weighted by Crippen LogP contribution is -2.14. The molecule has 2 aromatic heterocycles. The predicted octanol–water partition coefficient (Wildman–Crippen LogP) is 2.04. The molecule has 3 rings (SSSR count). The first-order valence-electron chi connectivity index (χ1n) is 6.72. The molecular formula is C14H17N5O. The van der Waals surface area contributed by atoms with Gasteiger partial charge in [-0.25, -0.2) is 0 Å². The van der Waals surface area contributed by atoms with Crippen LogP contribution in [0.25, 0.3) is 10.9 Å². The summed E-state index contributed by atoms with van der Waals surface area (Å²) < 4.78 is 7.08. The molecule has 0 unspecified atom stereocenters. The Hall–Kier alpha value is -2.21. The van der Waals surface area contributed by atoms with E-state index >= 15 is 0 Å². The molecule has 104 valence electrons. The second-order valence-corrected chi connectivity index (χ2v) is 4.62. The summed E-state index contributed by atoms with van der Waals surface area (Å²) in [5, 5.41) is 12.9. The number of nitrogens with zero attached hydrogens (tertiary/aromatic N) is 4. The van der Waals surface area contributed by atoms with E-state index in [-0.39, 0.29) is 0 Å². The monoisotopic (exact) mass is 271 g/mol. The molecule has 0 saturated carbocycles. The molecule has 1 N–H and O–H groups in total. The number of nitrogens with one attached hydrogen (secondary N) is 1. The Morgan fingerprint density at radius 3 is 2.85 bits per heavy atom. The number of aromatic nitrogens is 4. The molecule has 0 fully saturated rings. The van der Waals surface area contributed by atoms with Gasteiger partial charge in [0.2, 0.25) is 5.89 Å². The van der Waals surface area contributed by atoms with Crippen molar-refractivity contribution in [1.82, 2.24) is 25.2 Å². The zero-order valence-corrected chi connectivity index (χ0v) is 11.6. The molecule has 1 aromatic carbocycles. The smallest absolute Gasteiger partial charge is 0.240 e. The molecule has 0 atom stereocenters. The Morgan fingerprint density at radius 2 is 2.10 bits per heavy atom. The molecule has 0 spiro atoms. The second kappa shape index (κ2) is 5.42. The van der Waals surface area contributed by atoms with Crippen LogP contribution in [0.15, 0.2) is 28.8 Å². The maximum absolute atomic E-state index is 5.07. The third kappa shape index (κ3) is 2.42. The first-order valence-corrected chi connectivity index (χ1v) is 6.72. The van der Waals surface area contributed by atoms with Crippen LogP contribution in [0.4, 0.5) is 0 Å². The number of hydrogen-bond acceptors (Lipinski definition) is 5. The van der Waals surface area contributed by atoms with E-state index in [1.54, 1.807) is 0 Å². The van der Waals surface area contributed by atoms with E-state index < -0.39 is 0 Å². The van der Waals surface area contributed by atoms with Gasteiger partial charge in [-0.2, -0.15) is 10.1 Å². The van der Waals surface area contributed by atoms with Crippen molar-refractivity contribution in [3.63, 3.8) is 0 Å². The first kappa shape index (κ1) is 12.8. The fraction of sp³-hybridized carbons (Fsp3) is 0.357. The number of rotatable bonds is 5. The predicted molar refractivity (Wildman–Crippen MR) is 75.0 cm³/mol. The van der Waals surface area contributed by atoms with Crippen molar-refractivity contribution in [2.45, 2.75) is 33.5 Å². The summed E-state index contributed by atoms with van der Waals surface area (Å²) in [5.41, 5.74) is 2.21. The molecule has 0 bridgehead atoms. The van der Waals surface area contributed by atoms with Gasteiger partial charge in [-0.05, 0) is 19.9 Å². The van der Waals surface area contributed by atoms with E-state index in [0.29, 0.717) is 24.8 Å². The second-order valence-electron chi connectivity index (χ2n) is 4.62. The lowest BCUT2D eigenvalue weighted by atomic mass is 10.2. The van der Waals surface area contributed by atoms with Gasteiger partial charge in [0, 0.05) is 18.5 Å². The third-order valence-electron chi connectivity index (χ3n) is 3.17. The van der Waals surface area contributed by atoms with Crippen LogP contribution in [0, 0.1) is 6.92 Å². The Kier molecular flexibility index (Phi) is 3.47. The van der Waals surface area contributed by atoms with Gasteiger partial charge in [-0.1, -0.05) is 23.4 Å². The summed E-state index contributed by atoms with van der Waals surface area (Å²) in [5.74, 6) is 1.25. The summed E-state index contributed by atoms with van der Waals surface area (Å²) in [6.07, 6.45) is 0. The standard InChI is InChI=1S/C14H17N5O/c1-3-19-13-7-5-4-6-11(13)12(17-19)8-15-9-14-16-10(2)18-20-14/h4-7,15H,3,8-9H2,1-2H3. The van der Waals surface area contributed by atoms with Crippen molar-refractivity contribution in [3.8, 4) is 0 Å². The van der Waals surface area contributed by atoms with E-state index in [1.807, 2.05) is 23.7 Å². The zero-order chi connectivity index (χ0) is 13.9. The topological polar surface area (TPSA) is 68.8 Å². The number of aryl methyl sites for hydroxylation is 2. The fourth-order valence-corrected chi connectivity index (χ4v) is 2.27. The molecule has 20 heavy (non-hydrogen) atoms. The maximum atomic E-state index is 5.07. The number of para-hydroxylation sites is 1. The molecule has 0 aliphatic heterocycles. The Bertz CT molecular complexity index is 715. The van der Waals surface area contributed by atoms with Crippen molar-refractivity contribution in [2.24, 2.45) is 0 Å². The minimum atomic E-state index is 0.550. The van der Waals surface area contributed by atoms with E-state index in [1.165, 1.54) is 10.9 Å². The Morgan fingerprint density at radius 1 is 1.25 bits per heavy atom. The highest BCUT2D eigenvalue weighted by atomic mass is 16.5. The minimum absolute atomic E-state index is 0.550.